The number of carbonyl (C=O) groups is 3. The van der Waals surface area contributed by atoms with Crippen molar-refractivity contribution >= 4 is 17.9 Å². The Bertz CT molecular complexity index is 1650. The highest BCUT2D eigenvalue weighted by Crippen LogP contribution is 2.14. The van der Waals surface area contributed by atoms with E-state index in [0.29, 0.717) is 19.3 Å². The largest absolute Gasteiger partial charge is 0.462 e. The normalized spacial score (nSPS) is 13.0. The molecule has 0 aliphatic rings. The van der Waals surface area contributed by atoms with Crippen molar-refractivity contribution in [3.63, 3.8) is 0 Å². The van der Waals surface area contributed by atoms with Crippen LogP contribution in [0.1, 0.15) is 278 Å². The van der Waals surface area contributed by atoms with E-state index in [0.717, 1.165) is 161 Å². The first-order chi connectivity index (χ1) is 38.0. The van der Waals surface area contributed by atoms with Crippen LogP contribution >= 0.6 is 0 Å². The Morgan fingerprint density at radius 1 is 0.273 bits per heavy atom. The van der Waals surface area contributed by atoms with Gasteiger partial charge in [-0.15, -0.1) is 0 Å². The molecule has 0 aromatic heterocycles. The molecule has 0 saturated carbocycles. The summed E-state index contributed by atoms with van der Waals surface area (Å²) < 4.78 is 16.9. The standard InChI is InChI=1S/C71H116O6/c1-4-7-10-13-16-19-22-25-28-31-34-35-38-40-43-46-49-52-55-58-61-64-70(73)76-67-68(77-71(74)65-62-59-56-53-50-47-44-41-37-33-30-27-24-21-18-15-12-9-6-3)66-75-69(72)63-60-57-54-51-48-45-42-39-36-32-29-26-23-20-17-14-11-8-5-2/h7,10,16-21,25-30,34-37,39-41,43,68H,4-6,8-9,11-15,22-24,31-33,38,42,44-67H2,1-3H3/b10-7-,19-16-,20-17-,21-18-,28-25-,29-26-,30-27-,35-34-,39-36-,41-37-,43-40-. The van der Waals surface area contributed by atoms with Crippen LogP contribution in [-0.4, -0.2) is 37.2 Å². The molecule has 0 heterocycles. The van der Waals surface area contributed by atoms with Gasteiger partial charge in [-0.25, -0.2) is 0 Å². The molecule has 436 valence electrons. The summed E-state index contributed by atoms with van der Waals surface area (Å²) >= 11 is 0. The maximum atomic E-state index is 12.9. The first-order valence-electron chi connectivity index (χ1n) is 31.7. The van der Waals surface area contributed by atoms with Gasteiger partial charge in [-0.05, 0) is 141 Å². The van der Waals surface area contributed by atoms with Gasteiger partial charge in [-0.2, -0.15) is 0 Å². The predicted octanol–water partition coefficient (Wildman–Crippen LogP) is 21.8. The lowest BCUT2D eigenvalue weighted by atomic mass is 10.1. The van der Waals surface area contributed by atoms with Gasteiger partial charge in [0.25, 0.3) is 0 Å². The van der Waals surface area contributed by atoms with Crippen LogP contribution in [0.3, 0.4) is 0 Å². The van der Waals surface area contributed by atoms with E-state index < -0.39 is 6.10 Å². The number of unbranched alkanes of at least 4 members (excludes halogenated alkanes) is 23. The minimum atomic E-state index is -0.806. The highest BCUT2D eigenvalue weighted by Gasteiger charge is 2.19. The summed E-state index contributed by atoms with van der Waals surface area (Å²) in [6.07, 6.45) is 90.1. The fourth-order valence-electron chi connectivity index (χ4n) is 8.36. The zero-order chi connectivity index (χ0) is 55.7. The van der Waals surface area contributed by atoms with Crippen molar-refractivity contribution < 1.29 is 28.6 Å². The minimum Gasteiger partial charge on any atom is -0.462 e. The Hall–Kier alpha value is -4.45. The maximum absolute atomic E-state index is 12.9. The van der Waals surface area contributed by atoms with Crippen molar-refractivity contribution in [3.05, 3.63) is 134 Å². The third-order valence-electron chi connectivity index (χ3n) is 13.1. The molecule has 0 bridgehead atoms. The molecule has 0 radical (unpaired) electrons. The Morgan fingerprint density at radius 3 is 0.792 bits per heavy atom. The van der Waals surface area contributed by atoms with E-state index in [1.807, 2.05) is 0 Å². The Balaban J connectivity index is 4.50. The number of hydrogen-bond donors (Lipinski definition) is 0. The van der Waals surface area contributed by atoms with Gasteiger partial charge in [-0.1, -0.05) is 251 Å². The van der Waals surface area contributed by atoms with Gasteiger partial charge in [0.2, 0.25) is 0 Å². The fourth-order valence-corrected chi connectivity index (χ4v) is 8.36. The molecule has 1 atom stereocenters. The van der Waals surface area contributed by atoms with Gasteiger partial charge < -0.3 is 14.2 Å². The SMILES string of the molecule is CC/C=C\C/C=C\C/C=C\C/C=C\C/C=C\CCCCCCCC(=O)OCC(COC(=O)CCCCCCCC/C=C\C/C=C\C/C=C\CCCCC)OC(=O)CCCCCCCC/C=C\C/C=C\C/C=C\CCCCC. The third-order valence-corrected chi connectivity index (χ3v) is 13.1. The number of hydrogen-bond acceptors (Lipinski definition) is 6. The molecule has 0 saturated heterocycles. The number of ether oxygens (including phenoxy) is 3. The summed E-state index contributed by atoms with van der Waals surface area (Å²) in [4.78, 5) is 38.4. The van der Waals surface area contributed by atoms with E-state index in [4.69, 9.17) is 14.2 Å². The highest BCUT2D eigenvalue weighted by molar-refractivity contribution is 5.71. The van der Waals surface area contributed by atoms with E-state index in [1.165, 1.54) is 77.0 Å². The molecule has 77 heavy (non-hydrogen) atoms. The van der Waals surface area contributed by atoms with E-state index in [-0.39, 0.29) is 31.1 Å². The number of rotatable bonds is 56. The summed E-state index contributed by atoms with van der Waals surface area (Å²) in [6.45, 7) is 6.44. The molecule has 0 aromatic rings. The lowest BCUT2D eigenvalue weighted by Gasteiger charge is -2.18. The summed E-state index contributed by atoms with van der Waals surface area (Å²) in [5.41, 5.74) is 0. The second-order valence-corrected chi connectivity index (χ2v) is 20.6. The molecule has 0 aliphatic heterocycles. The molecule has 1 unspecified atom stereocenters. The summed E-state index contributed by atoms with van der Waals surface area (Å²) in [5.74, 6) is -0.942. The molecular weight excluding hydrogens is 949 g/mol. The van der Waals surface area contributed by atoms with Crippen molar-refractivity contribution in [2.75, 3.05) is 13.2 Å². The van der Waals surface area contributed by atoms with Gasteiger partial charge in [0.1, 0.15) is 13.2 Å². The molecule has 0 aliphatic carbocycles. The van der Waals surface area contributed by atoms with Crippen molar-refractivity contribution in [2.24, 2.45) is 0 Å². The second-order valence-electron chi connectivity index (χ2n) is 20.6. The molecule has 0 amide bonds. The highest BCUT2D eigenvalue weighted by atomic mass is 16.6. The minimum absolute atomic E-state index is 0.101. The monoisotopic (exact) mass is 1060 g/mol. The number of esters is 3. The van der Waals surface area contributed by atoms with Crippen LogP contribution in [0.25, 0.3) is 0 Å². The Morgan fingerprint density at radius 2 is 0.506 bits per heavy atom. The average Bonchev–Trinajstić information content (AvgIpc) is 3.43. The van der Waals surface area contributed by atoms with Crippen LogP contribution in [0, 0.1) is 0 Å². The van der Waals surface area contributed by atoms with E-state index in [2.05, 4.69) is 154 Å². The summed E-state index contributed by atoms with van der Waals surface area (Å²) in [5, 5.41) is 0. The van der Waals surface area contributed by atoms with Gasteiger partial charge in [0.15, 0.2) is 6.10 Å². The van der Waals surface area contributed by atoms with Crippen LogP contribution in [-0.2, 0) is 28.6 Å². The first kappa shape index (κ1) is 72.5. The van der Waals surface area contributed by atoms with Crippen LogP contribution in [0.15, 0.2) is 134 Å². The number of allylic oxidation sites excluding steroid dienone is 22. The van der Waals surface area contributed by atoms with E-state index in [1.54, 1.807) is 0 Å². The number of carbonyl (C=O) groups excluding carboxylic acids is 3. The van der Waals surface area contributed by atoms with Crippen LogP contribution in [0.4, 0.5) is 0 Å². The first-order valence-corrected chi connectivity index (χ1v) is 31.7. The molecule has 0 spiro atoms. The van der Waals surface area contributed by atoms with Crippen molar-refractivity contribution in [1.82, 2.24) is 0 Å². The fraction of sp³-hybridized carbons (Fsp3) is 0.648. The lowest BCUT2D eigenvalue weighted by molar-refractivity contribution is -0.167. The topological polar surface area (TPSA) is 78.9 Å². The molecule has 0 N–H and O–H groups in total. The second kappa shape index (κ2) is 64.1. The van der Waals surface area contributed by atoms with Crippen LogP contribution < -0.4 is 0 Å². The third kappa shape index (κ3) is 62.3. The quantitative estimate of drug-likeness (QED) is 0.0261. The smallest absolute Gasteiger partial charge is 0.306 e. The lowest BCUT2D eigenvalue weighted by Crippen LogP contribution is -2.30. The summed E-state index contributed by atoms with van der Waals surface area (Å²) in [6, 6.07) is 0. The Labute approximate surface area is 475 Å². The molecule has 0 rings (SSSR count). The average molecular weight is 1070 g/mol. The molecule has 0 aromatic carbocycles. The van der Waals surface area contributed by atoms with Crippen LogP contribution in [0.5, 0.6) is 0 Å². The predicted molar refractivity (Wildman–Crippen MR) is 334 cm³/mol. The zero-order valence-electron chi connectivity index (χ0n) is 49.9. The summed E-state index contributed by atoms with van der Waals surface area (Å²) in [7, 11) is 0. The van der Waals surface area contributed by atoms with Crippen LogP contribution in [0.2, 0.25) is 0 Å². The van der Waals surface area contributed by atoms with Gasteiger partial charge in [-0.3, -0.25) is 14.4 Å². The molecule has 6 heteroatoms. The molecule has 6 nitrogen and oxygen atoms in total. The molecular formula is C71H116O6. The van der Waals surface area contributed by atoms with Gasteiger partial charge >= 0.3 is 17.9 Å². The zero-order valence-corrected chi connectivity index (χ0v) is 49.9. The van der Waals surface area contributed by atoms with Crippen molar-refractivity contribution in [2.45, 2.75) is 284 Å². The van der Waals surface area contributed by atoms with Gasteiger partial charge in [0.05, 0.1) is 0 Å². The van der Waals surface area contributed by atoms with Crippen molar-refractivity contribution in [1.29, 1.82) is 0 Å². The van der Waals surface area contributed by atoms with Crippen molar-refractivity contribution in [3.8, 4) is 0 Å². The van der Waals surface area contributed by atoms with Gasteiger partial charge in [0, 0.05) is 19.3 Å². The Kier molecular flexibility index (Phi) is 60.4. The molecule has 0 fully saturated rings. The maximum Gasteiger partial charge on any atom is 0.306 e. The van der Waals surface area contributed by atoms with E-state index >= 15 is 0 Å². The van der Waals surface area contributed by atoms with E-state index in [9.17, 15) is 14.4 Å².